The molecule has 0 amide bonds. The quantitative estimate of drug-likeness (QED) is 0.297. The van der Waals surface area contributed by atoms with E-state index in [-0.39, 0.29) is 5.84 Å². The summed E-state index contributed by atoms with van der Waals surface area (Å²) in [6.45, 7) is 0. The van der Waals surface area contributed by atoms with Gasteiger partial charge in [0.25, 0.3) is 0 Å². The lowest BCUT2D eigenvalue weighted by atomic mass is 10.1. The van der Waals surface area contributed by atoms with Crippen molar-refractivity contribution in [3.8, 4) is 0 Å². The number of rotatable bonds is 4. The highest BCUT2D eigenvalue weighted by Crippen LogP contribution is 2.25. The molecule has 0 atom stereocenters. The van der Waals surface area contributed by atoms with Gasteiger partial charge in [-0.3, -0.25) is 0 Å². The molecule has 0 heterocycles. The summed E-state index contributed by atoms with van der Waals surface area (Å²) in [6.07, 6.45) is 0. The van der Waals surface area contributed by atoms with Crippen LogP contribution in [0.15, 0.2) is 58.6 Å². The SMILES string of the molecule is N/C(=N\O)c1ccccc1CSc1ccc(Cl)cc1. The van der Waals surface area contributed by atoms with Gasteiger partial charge in [-0.15, -0.1) is 11.8 Å². The van der Waals surface area contributed by atoms with Crippen LogP contribution in [0, 0.1) is 0 Å². The molecule has 0 aliphatic carbocycles. The third-order valence-electron chi connectivity index (χ3n) is 2.61. The molecule has 0 saturated heterocycles. The lowest BCUT2D eigenvalue weighted by Crippen LogP contribution is -2.15. The predicted octanol–water partition coefficient (Wildman–Crippen LogP) is 3.73. The minimum absolute atomic E-state index is 0.132. The third-order valence-corrected chi connectivity index (χ3v) is 3.92. The van der Waals surface area contributed by atoms with Crippen molar-refractivity contribution in [2.75, 3.05) is 0 Å². The average Bonchev–Trinajstić information content (AvgIpc) is 2.46. The minimum Gasteiger partial charge on any atom is -0.409 e. The molecule has 3 nitrogen and oxygen atoms in total. The van der Waals surface area contributed by atoms with E-state index < -0.39 is 0 Å². The normalized spacial score (nSPS) is 11.5. The van der Waals surface area contributed by atoms with Crippen LogP contribution in [0.1, 0.15) is 11.1 Å². The number of nitrogens with two attached hydrogens (primary N) is 1. The van der Waals surface area contributed by atoms with Crippen LogP contribution in [0.5, 0.6) is 0 Å². The van der Waals surface area contributed by atoms with E-state index in [1.807, 2.05) is 48.5 Å². The number of amidine groups is 1. The summed E-state index contributed by atoms with van der Waals surface area (Å²) < 4.78 is 0. The van der Waals surface area contributed by atoms with Gasteiger partial charge < -0.3 is 10.9 Å². The largest absolute Gasteiger partial charge is 0.409 e. The summed E-state index contributed by atoms with van der Waals surface area (Å²) >= 11 is 7.52. The number of thioether (sulfide) groups is 1. The van der Waals surface area contributed by atoms with Gasteiger partial charge in [0.2, 0.25) is 0 Å². The van der Waals surface area contributed by atoms with Crippen LogP contribution < -0.4 is 5.73 Å². The van der Waals surface area contributed by atoms with E-state index in [4.69, 9.17) is 22.5 Å². The van der Waals surface area contributed by atoms with Gasteiger partial charge >= 0.3 is 0 Å². The average molecular weight is 293 g/mol. The second kappa shape index (κ2) is 6.50. The van der Waals surface area contributed by atoms with Crippen LogP contribution in [0.4, 0.5) is 0 Å². The van der Waals surface area contributed by atoms with E-state index in [2.05, 4.69) is 5.16 Å². The molecular formula is C14H13ClN2OS. The number of benzene rings is 2. The zero-order chi connectivity index (χ0) is 13.7. The Kier molecular flexibility index (Phi) is 4.71. The van der Waals surface area contributed by atoms with E-state index in [1.165, 1.54) is 0 Å². The van der Waals surface area contributed by atoms with Gasteiger partial charge in [0.15, 0.2) is 5.84 Å². The standard InChI is InChI=1S/C14H13ClN2OS/c15-11-5-7-12(8-6-11)19-9-10-3-1-2-4-13(10)14(16)17-18/h1-8,18H,9H2,(H2,16,17). The van der Waals surface area contributed by atoms with Crippen molar-refractivity contribution in [2.45, 2.75) is 10.6 Å². The molecular weight excluding hydrogens is 280 g/mol. The predicted molar refractivity (Wildman–Crippen MR) is 80.0 cm³/mol. The molecule has 0 bridgehead atoms. The van der Waals surface area contributed by atoms with Crippen molar-refractivity contribution in [2.24, 2.45) is 10.9 Å². The maximum atomic E-state index is 8.77. The maximum Gasteiger partial charge on any atom is 0.170 e. The van der Waals surface area contributed by atoms with Gasteiger partial charge in [-0.05, 0) is 29.8 Å². The number of hydrogen-bond donors (Lipinski definition) is 2. The topological polar surface area (TPSA) is 58.6 Å². The first-order valence-electron chi connectivity index (χ1n) is 5.65. The van der Waals surface area contributed by atoms with E-state index in [1.54, 1.807) is 11.8 Å². The smallest absolute Gasteiger partial charge is 0.170 e. The maximum absolute atomic E-state index is 8.77. The molecule has 0 spiro atoms. The number of oxime groups is 1. The van der Waals surface area contributed by atoms with Gasteiger partial charge in [-0.2, -0.15) is 0 Å². The highest BCUT2D eigenvalue weighted by Gasteiger charge is 2.06. The van der Waals surface area contributed by atoms with Gasteiger partial charge in [-0.1, -0.05) is 41.0 Å². The molecule has 0 aliphatic heterocycles. The second-order valence-corrected chi connectivity index (χ2v) is 5.37. The Balaban J connectivity index is 2.13. The highest BCUT2D eigenvalue weighted by molar-refractivity contribution is 7.98. The molecule has 3 N–H and O–H groups in total. The molecule has 2 aromatic rings. The summed E-state index contributed by atoms with van der Waals surface area (Å²) in [7, 11) is 0. The Hall–Kier alpha value is -1.65. The summed E-state index contributed by atoms with van der Waals surface area (Å²) in [5.74, 6) is 0.876. The molecule has 0 saturated carbocycles. The number of hydrogen-bond acceptors (Lipinski definition) is 3. The van der Waals surface area contributed by atoms with Crippen molar-refractivity contribution < 1.29 is 5.21 Å². The fraction of sp³-hybridized carbons (Fsp3) is 0.0714. The zero-order valence-electron chi connectivity index (χ0n) is 10.1. The number of nitrogens with zero attached hydrogens (tertiary/aromatic N) is 1. The minimum atomic E-state index is 0.132. The summed E-state index contributed by atoms with van der Waals surface area (Å²) in [5.41, 5.74) is 7.44. The number of halogens is 1. The lowest BCUT2D eigenvalue weighted by molar-refractivity contribution is 0.318. The van der Waals surface area contributed by atoms with Crippen LogP contribution in [0.25, 0.3) is 0 Å². The molecule has 0 fully saturated rings. The van der Waals surface area contributed by atoms with Crippen LogP contribution in [-0.2, 0) is 5.75 Å². The Morgan fingerprint density at radius 1 is 1.16 bits per heavy atom. The van der Waals surface area contributed by atoms with E-state index >= 15 is 0 Å². The van der Waals surface area contributed by atoms with Crippen molar-refractivity contribution >= 4 is 29.2 Å². The molecule has 2 rings (SSSR count). The molecule has 0 aromatic heterocycles. The van der Waals surface area contributed by atoms with Crippen LogP contribution in [0.2, 0.25) is 5.02 Å². The second-order valence-electron chi connectivity index (χ2n) is 3.88. The highest BCUT2D eigenvalue weighted by atomic mass is 35.5. The fourth-order valence-electron chi connectivity index (χ4n) is 1.64. The van der Waals surface area contributed by atoms with Gasteiger partial charge in [0, 0.05) is 21.2 Å². The molecule has 19 heavy (non-hydrogen) atoms. The van der Waals surface area contributed by atoms with E-state index in [0.717, 1.165) is 26.8 Å². The first kappa shape index (κ1) is 13.8. The molecule has 0 aliphatic rings. The van der Waals surface area contributed by atoms with Gasteiger partial charge in [0.1, 0.15) is 0 Å². The fourth-order valence-corrected chi connectivity index (χ4v) is 2.67. The molecule has 5 heteroatoms. The van der Waals surface area contributed by atoms with Crippen molar-refractivity contribution in [3.63, 3.8) is 0 Å². The van der Waals surface area contributed by atoms with Gasteiger partial charge in [0.05, 0.1) is 0 Å². The van der Waals surface area contributed by atoms with Crippen molar-refractivity contribution in [3.05, 3.63) is 64.7 Å². The zero-order valence-corrected chi connectivity index (χ0v) is 11.7. The van der Waals surface area contributed by atoms with E-state index in [0.29, 0.717) is 0 Å². The first-order valence-corrected chi connectivity index (χ1v) is 7.01. The summed E-state index contributed by atoms with van der Waals surface area (Å²) in [6, 6.07) is 15.3. The molecule has 2 aromatic carbocycles. The van der Waals surface area contributed by atoms with Crippen LogP contribution in [-0.4, -0.2) is 11.0 Å². The molecule has 98 valence electrons. The Morgan fingerprint density at radius 2 is 1.84 bits per heavy atom. The summed E-state index contributed by atoms with van der Waals surface area (Å²) in [4.78, 5) is 1.12. The van der Waals surface area contributed by atoms with Crippen molar-refractivity contribution in [1.29, 1.82) is 0 Å². The monoisotopic (exact) mass is 292 g/mol. The van der Waals surface area contributed by atoms with E-state index in [9.17, 15) is 0 Å². The van der Waals surface area contributed by atoms with Crippen LogP contribution in [0.3, 0.4) is 0 Å². The van der Waals surface area contributed by atoms with Crippen LogP contribution >= 0.6 is 23.4 Å². The van der Waals surface area contributed by atoms with Gasteiger partial charge in [-0.25, -0.2) is 0 Å². The Labute approximate surface area is 121 Å². The molecule has 0 unspecified atom stereocenters. The summed E-state index contributed by atoms with van der Waals surface area (Å²) in [5, 5.41) is 12.5. The van der Waals surface area contributed by atoms with Crippen molar-refractivity contribution in [1.82, 2.24) is 0 Å². The lowest BCUT2D eigenvalue weighted by Gasteiger charge is -2.08. The Morgan fingerprint density at radius 3 is 2.53 bits per heavy atom. The Bertz CT molecular complexity index is 584. The molecule has 0 radical (unpaired) electrons. The third kappa shape index (κ3) is 3.66. The first-order chi connectivity index (χ1) is 9.20.